The molecule has 1 aromatic carbocycles. The van der Waals surface area contributed by atoms with Crippen molar-refractivity contribution >= 4 is 10.9 Å². The molecule has 0 bridgehead atoms. The fourth-order valence-electron chi connectivity index (χ4n) is 1.60. The minimum atomic E-state index is -4.49. The van der Waals surface area contributed by atoms with Gasteiger partial charge in [0.1, 0.15) is 0 Å². The van der Waals surface area contributed by atoms with Crippen molar-refractivity contribution in [3.8, 4) is 0 Å². The van der Waals surface area contributed by atoms with Gasteiger partial charge in [-0.2, -0.15) is 13.2 Å². The Bertz CT molecular complexity index is 646. The van der Waals surface area contributed by atoms with E-state index in [1.165, 1.54) is 12.4 Å². The monoisotopic (exact) mass is 257 g/mol. The Morgan fingerprint density at radius 3 is 2.61 bits per heavy atom. The van der Waals surface area contributed by atoms with E-state index in [0.717, 1.165) is 16.7 Å². The summed E-state index contributed by atoms with van der Waals surface area (Å²) < 4.78 is 38.7. The van der Waals surface area contributed by atoms with Crippen LogP contribution in [0.2, 0.25) is 0 Å². The molecule has 2 N–H and O–H groups in total. The van der Waals surface area contributed by atoms with Gasteiger partial charge in [-0.1, -0.05) is 0 Å². The lowest BCUT2D eigenvalue weighted by atomic mass is 10.1. The van der Waals surface area contributed by atoms with E-state index in [1.807, 2.05) is 0 Å². The normalized spacial score (nSPS) is 13.8. The zero-order chi connectivity index (χ0) is 13.5. The second-order valence-corrected chi connectivity index (χ2v) is 3.93. The summed E-state index contributed by atoms with van der Waals surface area (Å²) in [6.07, 6.45) is -3.91. The predicted molar refractivity (Wildman–Crippen MR) is 59.9 cm³/mol. The van der Waals surface area contributed by atoms with Crippen molar-refractivity contribution in [3.63, 3.8) is 0 Å². The maximum Gasteiger partial charge on any atom is 0.416 e. The molecular weight excluding hydrogens is 247 g/mol. The fraction of sp³-hybridized carbons (Fsp3) is 0.273. The molecule has 0 spiro atoms. The van der Waals surface area contributed by atoms with Crippen LogP contribution < -0.4 is 11.3 Å². The Kier molecular flexibility index (Phi) is 2.86. The van der Waals surface area contributed by atoms with Gasteiger partial charge in [0, 0.05) is 0 Å². The zero-order valence-electron chi connectivity index (χ0n) is 9.40. The van der Waals surface area contributed by atoms with Crippen LogP contribution in [-0.4, -0.2) is 9.55 Å². The minimum absolute atomic E-state index is 0.0929. The molecule has 0 aliphatic carbocycles. The molecule has 1 heterocycles. The van der Waals surface area contributed by atoms with E-state index in [4.69, 9.17) is 5.73 Å². The standard InChI is InChI=1S/C11H10F3N3O/c1-6(15)17-5-16-9-3-2-7(11(12,13)14)4-8(9)10(17)18/h2-6H,15H2,1H3. The molecular formula is C11H10F3N3O. The van der Waals surface area contributed by atoms with Crippen LogP contribution in [0.3, 0.4) is 0 Å². The molecule has 1 unspecified atom stereocenters. The highest BCUT2D eigenvalue weighted by atomic mass is 19.4. The summed E-state index contributed by atoms with van der Waals surface area (Å²) in [7, 11) is 0. The number of rotatable bonds is 1. The Balaban J connectivity index is 2.75. The molecule has 18 heavy (non-hydrogen) atoms. The van der Waals surface area contributed by atoms with Crippen molar-refractivity contribution in [3.05, 3.63) is 40.4 Å². The van der Waals surface area contributed by atoms with E-state index < -0.39 is 23.5 Å². The predicted octanol–water partition coefficient (Wildman–Crippen LogP) is 1.89. The van der Waals surface area contributed by atoms with E-state index in [9.17, 15) is 18.0 Å². The molecule has 0 amide bonds. The number of halogens is 3. The lowest BCUT2D eigenvalue weighted by molar-refractivity contribution is -0.137. The van der Waals surface area contributed by atoms with Crippen molar-refractivity contribution in [1.29, 1.82) is 0 Å². The molecule has 0 aliphatic heterocycles. The van der Waals surface area contributed by atoms with E-state index >= 15 is 0 Å². The minimum Gasteiger partial charge on any atom is -0.311 e. The summed E-state index contributed by atoms with van der Waals surface area (Å²) >= 11 is 0. The first-order chi connectivity index (χ1) is 8.30. The second-order valence-electron chi connectivity index (χ2n) is 3.93. The van der Waals surface area contributed by atoms with Gasteiger partial charge in [-0.25, -0.2) is 4.98 Å². The maximum atomic E-state index is 12.6. The van der Waals surface area contributed by atoms with Gasteiger partial charge >= 0.3 is 6.18 Å². The van der Waals surface area contributed by atoms with Crippen LogP contribution in [0.25, 0.3) is 10.9 Å². The average molecular weight is 257 g/mol. The Labute approximate surface area is 99.9 Å². The Morgan fingerprint density at radius 2 is 2.06 bits per heavy atom. The van der Waals surface area contributed by atoms with Crippen LogP contribution in [-0.2, 0) is 6.18 Å². The van der Waals surface area contributed by atoms with Crippen LogP contribution in [0.4, 0.5) is 13.2 Å². The number of aromatic nitrogens is 2. The molecule has 0 saturated carbocycles. The van der Waals surface area contributed by atoms with Gasteiger partial charge in [0.25, 0.3) is 5.56 Å². The smallest absolute Gasteiger partial charge is 0.311 e. The van der Waals surface area contributed by atoms with Crippen LogP contribution in [0, 0.1) is 0 Å². The van der Waals surface area contributed by atoms with E-state index in [-0.39, 0.29) is 10.9 Å². The largest absolute Gasteiger partial charge is 0.416 e. The van der Waals surface area contributed by atoms with Gasteiger partial charge < -0.3 is 5.73 Å². The summed E-state index contributed by atoms with van der Waals surface area (Å²) in [5, 5.41) is -0.0929. The van der Waals surface area contributed by atoms with Gasteiger partial charge in [0.05, 0.1) is 29.0 Å². The first-order valence-corrected chi connectivity index (χ1v) is 5.14. The lowest BCUT2D eigenvalue weighted by Gasteiger charge is -2.11. The first kappa shape index (κ1) is 12.6. The third-order valence-corrected chi connectivity index (χ3v) is 2.55. The number of benzene rings is 1. The van der Waals surface area contributed by atoms with Crippen LogP contribution in [0.1, 0.15) is 18.7 Å². The highest BCUT2D eigenvalue weighted by molar-refractivity contribution is 5.78. The van der Waals surface area contributed by atoms with Gasteiger partial charge in [-0.05, 0) is 25.1 Å². The molecule has 1 aromatic heterocycles. The van der Waals surface area contributed by atoms with E-state index in [2.05, 4.69) is 4.98 Å². The number of nitrogens with two attached hydrogens (primary N) is 1. The molecule has 4 nitrogen and oxygen atoms in total. The summed E-state index contributed by atoms with van der Waals surface area (Å²) in [5.41, 5.74) is 4.28. The topological polar surface area (TPSA) is 60.9 Å². The molecule has 0 fully saturated rings. The van der Waals surface area contributed by atoms with Crippen molar-refractivity contribution in [2.75, 3.05) is 0 Å². The van der Waals surface area contributed by atoms with Crippen LogP contribution >= 0.6 is 0 Å². The molecule has 2 rings (SSSR count). The fourth-order valence-corrected chi connectivity index (χ4v) is 1.60. The summed E-state index contributed by atoms with van der Waals surface area (Å²) in [5.74, 6) is 0. The molecule has 96 valence electrons. The van der Waals surface area contributed by atoms with Gasteiger partial charge in [0.2, 0.25) is 0 Å². The highest BCUT2D eigenvalue weighted by Crippen LogP contribution is 2.30. The number of fused-ring (bicyclic) bond motifs is 1. The number of hydrogen-bond acceptors (Lipinski definition) is 3. The van der Waals surface area contributed by atoms with E-state index in [0.29, 0.717) is 0 Å². The molecule has 7 heteroatoms. The Morgan fingerprint density at radius 1 is 1.39 bits per heavy atom. The second kappa shape index (κ2) is 4.09. The van der Waals surface area contributed by atoms with Crippen LogP contribution in [0.5, 0.6) is 0 Å². The summed E-state index contributed by atoms with van der Waals surface area (Å²) in [6.45, 7) is 1.54. The number of nitrogens with zero attached hydrogens (tertiary/aromatic N) is 2. The van der Waals surface area contributed by atoms with Gasteiger partial charge in [-0.15, -0.1) is 0 Å². The van der Waals surface area contributed by atoms with Crippen molar-refractivity contribution < 1.29 is 13.2 Å². The van der Waals surface area contributed by atoms with Gasteiger partial charge in [0.15, 0.2) is 0 Å². The number of alkyl halides is 3. The Hall–Kier alpha value is -1.89. The highest BCUT2D eigenvalue weighted by Gasteiger charge is 2.30. The quantitative estimate of drug-likeness (QED) is 0.848. The third kappa shape index (κ3) is 2.08. The third-order valence-electron chi connectivity index (χ3n) is 2.55. The lowest BCUT2D eigenvalue weighted by Crippen LogP contribution is -2.28. The SMILES string of the molecule is CC(N)n1cnc2ccc(C(F)(F)F)cc2c1=O. The molecule has 0 aliphatic rings. The summed E-state index contributed by atoms with van der Waals surface area (Å²) in [4.78, 5) is 15.8. The summed E-state index contributed by atoms with van der Waals surface area (Å²) in [6, 6.07) is 2.86. The average Bonchev–Trinajstić information content (AvgIpc) is 2.27. The van der Waals surface area contributed by atoms with Crippen molar-refractivity contribution in [2.45, 2.75) is 19.3 Å². The van der Waals surface area contributed by atoms with Crippen LogP contribution in [0.15, 0.2) is 29.3 Å². The molecule has 1 atom stereocenters. The molecule has 0 saturated heterocycles. The maximum absolute atomic E-state index is 12.6. The molecule has 2 aromatic rings. The van der Waals surface area contributed by atoms with Gasteiger partial charge in [-0.3, -0.25) is 9.36 Å². The van der Waals surface area contributed by atoms with E-state index in [1.54, 1.807) is 6.92 Å². The number of hydrogen-bond donors (Lipinski definition) is 1. The molecule has 0 radical (unpaired) electrons. The zero-order valence-corrected chi connectivity index (χ0v) is 9.40. The van der Waals surface area contributed by atoms with Crippen molar-refractivity contribution in [1.82, 2.24) is 9.55 Å². The first-order valence-electron chi connectivity index (χ1n) is 5.14. The van der Waals surface area contributed by atoms with Crippen molar-refractivity contribution in [2.24, 2.45) is 5.73 Å².